The zero-order valence-corrected chi connectivity index (χ0v) is 15.3. The van der Waals surface area contributed by atoms with Gasteiger partial charge in [-0.3, -0.25) is 0 Å². The standard InChI is InChI=1S/C20H38O4/c1-2-3-7-10-16(22)12-13-18-17(19(23)15-20(18)24)11-8-5-4-6-9-14-21/h12-13,16-24H,2-11,14-15H2,1H3/b13-12+/t16-,17+,18+,19-,20+/m0/s1. The fraction of sp³-hybridized carbons (Fsp3) is 0.900. The molecule has 0 aromatic heterocycles. The molecule has 5 atom stereocenters. The predicted molar refractivity (Wildman–Crippen MR) is 97.7 cm³/mol. The van der Waals surface area contributed by atoms with Crippen LogP contribution in [-0.2, 0) is 0 Å². The smallest absolute Gasteiger partial charge is 0.0721 e. The van der Waals surface area contributed by atoms with E-state index in [0.717, 1.165) is 64.2 Å². The van der Waals surface area contributed by atoms with Gasteiger partial charge in [-0.2, -0.15) is 0 Å². The highest BCUT2D eigenvalue weighted by atomic mass is 16.3. The molecule has 1 saturated carbocycles. The van der Waals surface area contributed by atoms with E-state index in [2.05, 4.69) is 6.92 Å². The number of hydrogen-bond acceptors (Lipinski definition) is 4. The maximum Gasteiger partial charge on any atom is 0.0721 e. The van der Waals surface area contributed by atoms with E-state index in [1.165, 1.54) is 0 Å². The minimum atomic E-state index is -0.501. The first-order chi connectivity index (χ1) is 11.6. The Kier molecular flexibility index (Phi) is 11.6. The van der Waals surface area contributed by atoms with E-state index in [1.54, 1.807) is 0 Å². The number of hydrogen-bond donors (Lipinski definition) is 4. The molecule has 4 N–H and O–H groups in total. The summed E-state index contributed by atoms with van der Waals surface area (Å²) in [5, 5.41) is 39.2. The Morgan fingerprint density at radius 3 is 2.38 bits per heavy atom. The van der Waals surface area contributed by atoms with Crippen molar-refractivity contribution < 1.29 is 20.4 Å². The Hall–Kier alpha value is -0.420. The van der Waals surface area contributed by atoms with Gasteiger partial charge in [-0.05, 0) is 25.2 Å². The molecule has 0 amide bonds. The number of aliphatic hydroxyl groups is 4. The molecule has 1 aliphatic rings. The lowest BCUT2D eigenvalue weighted by Crippen LogP contribution is -2.21. The lowest BCUT2D eigenvalue weighted by atomic mass is 9.88. The minimum absolute atomic E-state index is 0.0433. The average molecular weight is 343 g/mol. The molecular formula is C20H38O4. The molecule has 0 unspecified atom stereocenters. The zero-order valence-electron chi connectivity index (χ0n) is 15.3. The van der Waals surface area contributed by atoms with E-state index in [-0.39, 0.29) is 18.4 Å². The summed E-state index contributed by atoms with van der Waals surface area (Å²) in [4.78, 5) is 0. The van der Waals surface area contributed by atoms with Gasteiger partial charge in [0.2, 0.25) is 0 Å². The Labute approximate surface area is 147 Å². The maximum atomic E-state index is 10.2. The summed E-state index contributed by atoms with van der Waals surface area (Å²) in [6, 6.07) is 0. The highest BCUT2D eigenvalue weighted by molar-refractivity contribution is 5.04. The molecule has 4 heteroatoms. The fourth-order valence-corrected chi connectivity index (χ4v) is 3.76. The van der Waals surface area contributed by atoms with Crippen LogP contribution in [0, 0.1) is 11.8 Å². The Morgan fingerprint density at radius 1 is 0.958 bits per heavy atom. The van der Waals surface area contributed by atoms with Gasteiger partial charge in [-0.15, -0.1) is 0 Å². The normalized spacial score (nSPS) is 28.7. The van der Waals surface area contributed by atoms with Crippen LogP contribution in [0.25, 0.3) is 0 Å². The van der Waals surface area contributed by atoms with Crippen LogP contribution >= 0.6 is 0 Å². The summed E-state index contributed by atoms with van der Waals surface area (Å²) < 4.78 is 0. The average Bonchev–Trinajstić information content (AvgIpc) is 2.82. The van der Waals surface area contributed by atoms with Crippen LogP contribution in [-0.4, -0.2) is 45.3 Å². The van der Waals surface area contributed by atoms with E-state index in [0.29, 0.717) is 6.42 Å². The maximum absolute atomic E-state index is 10.2. The molecule has 0 aromatic carbocycles. The molecule has 0 bridgehead atoms. The van der Waals surface area contributed by atoms with Crippen LogP contribution in [0.2, 0.25) is 0 Å². The molecule has 142 valence electrons. The second-order valence-corrected chi connectivity index (χ2v) is 7.34. The first-order valence-electron chi connectivity index (χ1n) is 9.93. The molecule has 0 aromatic rings. The molecule has 1 aliphatic carbocycles. The molecule has 0 radical (unpaired) electrons. The van der Waals surface area contributed by atoms with Crippen LogP contribution < -0.4 is 0 Å². The van der Waals surface area contributed by atoms with Gasteiger partial charge in [0.15, 0.2) is 0 Å². The summed E-state index contributed by atoms with van der Waals surface area (Å²) in [6.07, 6.45) is 13.0. The first kappa shape index (κ1) is 21.6. The van der Waals surface area contributed by atoms with E-state index < -0.39 is 18.3 Å². The molecule has 4 nitrogen and oxygen atoms in total. The molecule has 1 rings (SSSR count). The lowest BCUT2D eigenvalue weighted by Gasteiger charge is -2.21. The van der Waals surface area contributed by atoms with Crippen molar-refractivity contribution in [1.82, 2.24) is 0 Å². The largest absolute Gasteiger partial charge is 0.396 e. The van der Waals surface area contributed by atoms with Crippen molar-refractivity contribution in [3.8, 4) is 0 Å². The van der Waals surface area contributed by atoms with Gasteiger partial charge < -0.3 is 20.4 Å². The number of rotatable bonds is 13. The van der Waals surface area contributed by atoms with Gasteiger partial charge in [-0.25, -0.2) is 0 Å². The Morgan fingerprint density at radius 2 is 1.67 bits per heavy atom. The highest BCUT2D eigenvalue weighted by Gasteiger charge is 2.39. The van der Waals surface area contributed by atoms with Crippen molar-refractivity contribution in [2.45, 2.75) is 95.9 Å². The lowest BCUT2D eigenvalue weighted by molar-refractivity contribution is 0.115. The van der Waals surface area contributed by atoms with Crippen LogP contribution in [0.4, 0.5) is 0 Å². The summed E-state index contributed by atoms with van der Waals surface area (Å²) >= 11 is 0. The van der Waals surface area contributed by atoms with Crippen molar-refractivity contribution in [3.05, 3.63) is 12.2 Å². The summed E-state index contributed by atoms with van der Waals surface area (Å²) in [5.41, 5.74) is 0. The highest BCUT2D eigenvalue weighted by Crippen LogP contribution is 2.37. The quantitative estimate of drug-likeness (QED) is 0.306. The van der Waals surface area contributed by atoms with Crippen LogP contribution in [0.3, 0.4) is 0 Å². The van der Waals surface area contributed by atoms with E-state index in [9.17, 15) is 15.3 Å². The molecule has 0 aliphatic heterocycles. The predicted octanol–water partition coefficient (Wildman–Crippen LogP) is 3.17. The SMILES string of the molecule is CCCCC[C@H](O)/C=C/[C@@H]1[C@@H](CCCCCCCO)[C@@H](O)C[C@H]1O. The molecule has 24 heavy (non-hydrogen) atoms. The molecule has 0 spiro atoms. The van der Waals surface area contributed by atoms with E-state index in [1.807, 2.05) is 12.2 Å². The monoisotopic (exact) mass is 342 g/mol. The minimum Gasteiger partial charge on any atom is -0.396 e. The van der Waals surface area contributed by atoms with Gasteiger partial charge in [0.1, 0.15) is 0 Å². The fourth-order valence-electron chi connectivity index (χ4n) is 3.76. The molecular weight excluding hydrogens is 304 g/mol. The van der Waals surface area contributed by atoms with E-state index in [4.69, 9.17) is 5.11 Å². The van der Waals surface area contributed by atoms with Crippen molar-refractivity contribution in [2.75, 3.05) is 6.61 Å². The van der Waals surface area contributed by atoms with Crippen molar-refractivity contribution in [2.24, 2.45) is 11.8 Å². The molecule has 0 saturated heterocycles. The second-order valence-electron chi connectivity index (χ2n) is 7.34. The van der Waals surface area contributed by atoms with Gasteiger partial charge in [-0.1, -0.05) is 64.0 Å². The van der Waals surface area contributed by atoms with Gasteiger partial charge >= 0.3 is 0 Å². The number of aliphatic hydroxyl groups excluding tert-OH is 4. The van der Waals surface area contributed by atoms with Gasteiger partial charge in [0, 0.05) is 18.9 Å². The number of unbranched alkanes of at least 4 members (excludes halogenated alkanes) is 6. The van der Waals surface area contributed by atoms with Crippen LogP contribution in [0.5, 0.6) is 0 Å². The first-order valence-corrected chi connectivity index (χ1v) is 9.93. The third-order valence-corrected chi connectivity index (χ3v) is 5.27. The summed E-state index contributed by atoms with van der Waals surface area (Å²) in [6.45, 7) is 2.41. The van der Waals surface area contributed by atoms with Gasteiger partial charge in [0.05, 0.1) is 18.3 Å². The van der Waals surface area contributed by atoms with Crippen LogP contribution in [0.1, 0.15) is 77.6 Å². The van der Waals surface area contributed by atoms with Crippen molar-refractivity contribution >= 4 is 0 Å². The van der Waals surface area contributed by atoms with Gasteiger partial charge in [0.25, 0.3) is 0 Å². The zero-order chi connectivity index (χ0) is 17.8. The van der Waals surface area contributed by atoms with E-state index >= 15 is 0 Å². The molecule has 0 heterocycles. The Balaban J connectivity index is 2.38. The third kappa shape index (κ3) is 8.11. The van der Waals surface area contributed by atoms with Crippen LogP contribution in [0.15, 0.2) is 12.2 Å². The summed E-state index contributed by atoms with van der Waals surface area (Å²) in [7, 11) is 0. The van der Waals surface area contributed by atoms with Crippen molar-refractivity contribution in [3.63, 3.8) is 0 Å². The topological polar surface area (TPSA) is 80.9 Å². The third-order valence-electron chi connectivity index (χ3n) is 5.27. The van der Waals surface area contributed by atoms with Crippen molar-refractivity contribution in [1.29, 1.82) is 0 Å². The molecule has 1 fully saturated rings. The second kappa shape index (κ2) is 12.9. The Bertz CT molecular complexity index is 332. The summed E-state index contributed by atoms with van der Waals surface area (Å²) in [5.74, 6) is 0.0511.